The van der Waals surface area contributed by atoms with E-state index in [4.69, 9.17) is 0 Å². The van der Waals surface area contributed by atoms with E-state index in [0.717, 1.165) is 0 Å². The lowest BCUT2D eigenvalue weighted by atomic mass is 9.39. The Morgan fingerprint density at radius 1 is 0.307 bits per heavy atom. The fourth-order valence-corrected chi connectivity index (χ4v) is 35.3. The summed E-state index contributed by atoms with van der Waals surface area (Å²) >= 11 is 2.63. The third-order valence-electron chi connectivity index (χ3n) is 32.0. The molecule has 0 nitrogen and oxygen atoms in total. The first-order valence-corrected chi connectivity index (χ1v) is 31.6. The van der Waals surface area contributed by atoms with Gasteiger partial charge in [0.1, 0.15) is 0 Å². The predicted octanol–water partition coefficient (Wildman–Crippen LogP) is 17.1. The lowest BCUT2D eigenvalue weighted by molar-refractivity contribution is 0.0340. The monoisotopic (exact) mass is 960 g/mol. The maximum absolute atomic E-state index is 3.02. The molecule has 1 heterocycles. The molecule has 75 heavy (non-hydrogen) atoms. The van der Waals surface area contributed by atoms with Crippen LogP contribution in [0.1, 0.15) is 276 Å². The summed E-state index contributed by atoms with van der Waals surface area (Å²) < 4.78 is 0.0133. The number of fused-ring (bicyclic) bond motifs is 1. The van der Waals surface area contributed by atoms with Gasteiger partial charge in [0.05, 0.1) is 4.75 Å². The van der Waals surface area contributed by atoms with Crippen LogP contribution in [0.5, 0.6) is 0 Å². The van der Waals surface area contributed by atoms with Crippen molar-refractivity contribution in [1.29, 1.82) is 0 Å². The van der Waals surface area contributed by atoms with Gasteiger partial charge in [-0.15, -0.1) is 11.8 Å². The Kier molecular flexibility index (Phi) is 3.08. The fraction of sp³-hybridized carbons (Fsp3) is 0.405. The van der Waals surface area contributed by atoms with Crippen molar-refractivity contribution in [2.75, 3.05) is 0 Å². The van der Waals surface area contributed by atoms with E-state index in [1.165, 1.54) is 0 Å². The SMILES string of the molecule is CC(C)(C)c1cc(C(C)(C)C)c2c(c1)C13c4c5c6c7c8c9c%10c%11c%12c%13c%14c%15c(c%16c%13c%10c7c4-%16)C1(S2)C1C%15C2c4c7c%10c%13c%15c%16c%17c%18c%19c%20c%21c%22c%23c(c4c4c%22c%19c%16c%104)C2C%14C%12C%23C%21C%11C9C%20C%18C8C6C%17C%15C5C3C%13C71. The van der Waals surface area contributed by atoms with Crippen molar-refractivity contribution in [3.05, 3.63) is 140 Å². The zero-order chi connectivity index (χ0) is 45.9. The highest BCUT2D eigenvalue weighted by Crippen LogP contribution is 3.01. The molecule has 0 radical (unpaired) electrons. The van der Waals surface area contributed by atoms with Crippen molar-refractivity contribution in [2.24, 2.45) is 11.8 Å². The summed E-state index contributed by atoms with van der Waals surface area (Å²) in [5, 5.41) is 30.8. The van der Waals surface area contributed by atoms with Gasteiger partial charge in [0.2, 0.25) is 0 Å². The van der Waals surface area contributed by atoms with E-state index in [0.29, 0.717) is 118 Å². The molecule has 342 valence electrons. The molecular formula is C74H40S. The largest absolute Gasteiger partial charge is 0.112 e. The van der Waals surface area contributed by atoms with Crippen molar-refractivity contribution in [3.63, 3.8) is 0 Å². The number of hydrogen-bond acceptors (Lipinski definition) is 1. The molecule has 34 rings (SSSR count). The molecule has 0 saturated heterocycles. The maximum Gasteiger partial charge on any atom is 0.0645 e. The van der Waals surface area contributed by atoms with Gasteiger partial charge >= 0.3 is 0 Å². The predicted molar refractivity (Wildman–Crippen MR) is 294 cm³/mol. The Balaban J connectivity index is 0.988. The van der Waals surface area contributed by atoms with Crippen LogP contribution >= 0.6 is 11.8 Å². The van der Waals surface area contributed by atoms with Crippen LogP contribution in [0.15, 0.2) is 17.0 Å². The van der Waals surface area contributed by atoms with Gasteiger partial charge < -0.3 is 0 Å². The summed E-state index contributed by atoms with van der Waals surface area (Å²) in [6.07, 6.45) is 0. The highest BCUT2D eigenvalue weighted by atomic mass is 32.2. The summed E-state index contributed by atoms with van der Waals surface area (Å²) in [5.74, 6) is 13.0. The van der Waals surface area contributed by atoms with Crippen LogP contribution in [0.2, 0.25) is 0 Å². The van der Waals surface area contributed by atoms with Crippen molar-refractivity contribution in [1.82, 2.24) is 0 Å². The van der Waals surface area contributed by atoms with Crippen molar-refractivity contribution in [2.45, 2.75) is 174 Å². The number of hydrogen-bond donors (Lipinski definition) is 0. The second kappa shape index (κ2) is 7.28. The van der Waals surface area contributed by atoms with Gasteiger partial charge in [-0.1, -0.05) is 53.7 Å². The first-order valence-electron chi connectivity index (χ1n) is 30.8. The first-order chi connectivity index (χ1) is 36.7. The maximum atomic E-state index is 3.02. The molecule has 1 aliphatic heterocycles. The quantitative estimate of drug-likeness (QED) is 0.137. The standard InChI is InChI=1S/C74H40S/c1-71(2,3)9-7-10(72(4,5)6)70-11(8-9)73-66-58-50-40-30-22-14-12-13-16-20-18(14)26-34-28(20)38-32-24(16)25-17(13)21-19-15(12)23(22)31-37-27(19)35-29(21)39-33(25)43-42(32)54-48(38)56-46(34)52(44(50)36(26)30)60(66)62(56)68-64(54)65-55(43)49(39)57-47(35)53-45(37)51(41(31)40)59(58)67(73)61(53)63(57)69(65)74(68,73)75-70/h7-8,14,16,18,20,22,24,30,32,40-43,51,55,59,61,63,65,67,69H,1-6H3. The van der Waals surface area contributed by atoms with E-state index in [-0.39, 0.29) is 21.0 Å². The summed E-state index contributed by atoms with van der Waals surface area (Å²) in [6, 6.07) is 5.83. The highest BCUT2D eigenvalue weighted by molar-refractivity contribution is 8.00. The Labute approximate surface area is 432 Å². The normalized spacial score (nSPS) is 46.1. The molecule has 22 unspecified atom stereocenters. The minimum absolute atomic E-state index is 0.0133. The van der Waals surface area contributed by atoms with E-state index in [9.17, 15) is 0 Å². The average Bonchev–Trinajstić information content (AvgIpc) is 2.84. The van der Waals surface area contributed by atoms with Crippen LogP contribution in [0, 0.1) is 11.8 Å². The minimum Gasteiger partial charge on any atom is -0.112 e. The van der Waals surface area contributed by atoms with Gasteiger partial charge in [-0.25, -0.2) is 0 Å². The molecule has 0 aromatic heterocycles. The highest BCUT2D eigenvalue weighted by Gasteiger charge is 2.90. The van der Waals surface area contributed by atoms with Crippen LogP contribution in [0.4, 0.5) is 0 Å². The number of thioether (sulfide) groups is 1. The second-order valence-electron chi connectivity index (χ2n) is 33.5. The topological polar surface area (TPSA) is 0 Å². The molecule has 23 aliphatic rings. The lowest BCUT2D eigenvalue weighted by Gasteiger charge is -2.65. The Hall–Kier alpha value is -5.37. The van der Waals surface area contributed by atoms with Crippen LogP contribution in [-0.4, -0.2) is 0 Å². The van der Waals surface area contributed by atoms with Crippen molar-refractivity contribution < 1.29 is 0 Å². The van der Waals surface area contributed by atoms with E-state index < -0.39 is 0 Å². The average molecular weight is 961 g/mol. The van der Waals surface area contributed by atoms with Crippen LogP contribution in [0.25, 0.3) is 97.3 Å². The molecule has 1 saturated carbocycles. The fourth-order valence-electron chi connectivity index (χ4n) is 32.9. The molecule has 2 spiro atoms. The summed E-state index contributed by atoms with van der Waals surface area (Å²) in [6.45, 7) is 15.6. The third kappa shape index (κ3) is 1.84. The van der Waals surface area contributed by atoms with Gasteiger partial charge in [0.15, 0.2) is 0 Å². The first kappa shape index (κ1) is 31.8. The van der Waals surface area contributed by atoms with Gasteiger partial charge in [0.25, 0.3) is 0 Å². The molecular weight excluding hydrogens is 921 g/mol. The van der Waals surface area contributed by atoms with Gasteiger partial charge in [-0.3, -0.25) is 0 Å². The molecule has 0 bridgehead atoms. The molecule has 0 N–H and O–H groups in total. The van der Waals surface area contributed by atoms with E-state index in [1.54, 1.807) is 16.0 Å². The zero-order valence-electron chi connectivity index (χ0n) is 42.1. The third-order valence-corrected chi connectivity index (χ3v) is 33.7. The molecule has 11 aromatic carbocycles. The molecule has 1 fully saturated rings. The van der Waals surface area contributed by atoms with Crippen LogP contribution < -0.4 is 0 Å². The Morgan fingerprint density at radius 2 is 0.613 bits per heavy atom. The van der Waals surface area contributed by atoms with Crippen molar-refractivity contribution >= 4 is 97.9 Å². The van der Waals surface area contributed by atoms with Gasteiger partial charge in [-0.05, 0) is 354 Å². The van der Waals surface area contributed by atoms with Gasteiger partial charge in [-0.2, -0.15) is 0 Å². The van der Waals surface area contributed by atoms with Crippen LogP contribution in [0.3, 0.4) is 0 Å². The molecule has 22 aliphatic carbocycles. The second-order valence-corrected chi connectivity index (χ2v) is 34.8. The van der Waals surface area contributed by atoms with Crippen molar-refractivity contribution in [3.8, 4) is 11.1 Å². The smallest absolute Gasteiger partial charge is 0.0645 e. The Morgan fingerprint density at radius 3 is 1.03 bits per heavy atom. The minimum atomic E-state index is -0.0260. The lowest BCUT2D eigenvalue weighted by Crippen LogP contribution is -2.62. The number of benzene rings is 10. The van der Waals surface area contributed by atoms with E-state index in [1.807, 2.05) is 203 Å². The van der Waals surface area contributed by atoms with E-state index in [2.05, 4.69) is 76.6 Å². The summed E-state index contributed by atoms with van der Waals surface area (Å²) in [5.41, 5.74) is 49.9. The molecule has 11 aromatic rings. The zero-order valence-corrected chi connectivity index (χ0v) is 42.9. The molecule has 22 atom stereocenters. The molecule has 1 heteroatoms. The summed E-state index contributed by atoms with van der Waals surface area (Å²) in [7, 11) is 0. The molecule has 0 amide bonds. The number of rotatable bonds is 0. The van der Waals surface area contributed by atoms with Crippen LogP contribution in [-0.2, 0) is 21.0 Å². The Bertz CT molecular complexity index is 5700. The van der Waals surface area contributed by atoms with E-state index >= 15 is 0 Å². The van der Waals surface area contributed by atoms with Gasteiger partial charge in [0, 0.05) is 10.3 Å². The summed E-state index contributed by atoms with van der Waals surface area (Å²) in [4.78, 5) is 1.79.